The zero-order valence-corrected chi connectivity index (χ0v) is 16.7. The van der Waals surface area contributed by atoms with Crippen LogP contribution in [-0.2, 0) is 9.84 Å². The SMILES string of the molecule is CCNC(=NCC1CCN(C)CC1)NC1CCS(=O)(=O)C1.I. The summed E-state index contributed by atoms with van der Waals surface area (Å²) in [6, 6.07) is 0.00490. The van der Waals surface area contributed by atoms with E-state index < -0.39 is 9.84 Å². The van der Waals surface area contributed by atoms with Crippen LogP contribution >= 0.6 is 24.0 Å². The first kappa shape index (κ1) is 20.0. The number of rotatable bonds is 4. The number of nitrogens with one attached hydrogen (secondary N) is 2. The molecular weight excluding hydrogens is 415 g/mol. The highest BCUT2D eigenvalue weighted by molar-refractivity contribution is 14.0. The Morgan fingerprint density at radius 3 is 2.50 bits per heavy atom. The average molecular weight is 444 g/mol. The number of hydrogen-bond acceptors (Lipinski definition) is 4. The average Bonchev–Trinajstić information content (AvgIpc) is 2.77. The molecular formula is C14H29IN4O2S. The first-order valence-electron chi connectivity index (χ1n) is 7.92. The molecule has 0 aromatic heterocycles. The molecule has 0 aromatic carbocycles. The Bertz CT molecular complexity index is 461. The Hall–Kier alpha value is -0.0900. The van der Waals surface area contributed by atoms with E-state index in [0.29, 0.717) is 18.1 Å². The molecule has 0 amide bonds. The monoisotopic (exact) mass is 444 g/mol. The number of guanidine groups is 1. The summed E-state index contributed by atoms with van der Waals surface area (Å²) in [5.41, 5.74) is 0. The zero-order chi connectivity index (χ0) is 15.3. The topological polar surface area (TPSA) is 73.8 Å². The third-order valence-corrected chi connectivity index (χ3v) is 6.03. The predicted molar refractivity (Wildman–Crippen MR) is 102 cm³/mol. The fourth-order valence-electron chi connectivity index (χ4n) is 2.89. The van der Waals surface area contributed by atoms with Gasteiger partial charge in [-0.25, -0.2) is 8.42 Å². The molecule has 8 heteroatoms. The van der Waals surface area contributed by atoms with E-state index in [2.05, 4.69) is 27.6 Å². The van der Waals surface area contributed by atoms with Crippen molar-refractivity contribution >= 4 is 39.8 Å². The minimum atomic E-state index is -2.85. The number of hydrogen-bond donors (Lipinski definition) is 2. The molecule has 2 aliphatic heterocycles. The quantitative estimate of drug-likeness (QED) is 0.379. The molecule has 0 spiro atoms. The molecule has 1 unspecified atom stereocenters. The summed E-state index contributed by atoms with van der Waals surface area (Å²) in [6.07, 6.45) is 3.06. The molecule has 130 valence electrons. The predicted octanol–water partition coefficient (Wildman–Crippen LogP) is 0.688. The van der Waals surface area contributed by atoms with Gasteiger partial charge in [0, 0.05) is 19.1 Å². The molecule has 0 aromatic rings. The molecule has 0 saturated carbocycles. The van der Waals surface area contributed by atoms with Gasteiger partial charge in [-0.15, -0.1) is 24.0 Å². The molecule has 6 nitrogen and oxygen atoms in total. The van der Waals surface area contributed by atoms with Crippen molar-refractivity contribution < 1.29 is 8.42 Å². The summed E-state index contributed by atoms with van der Waals surface area (Å²) in [6.45, 7) is 5.93. The second-order valence-corrected chi connectivity index (χ2v) is 8.44. The van der Waals surface area contributed by atoms with Crippen molar-refractivity contribution in [2.45, 2.75) is 32.2 Å². The number of halogens is 1. The van der Waals surface area contributed by atoms with Crippen molar-refractivity contribution in [3.63, 3.8) is 0 Å². The van der Waals surface area contributed by atoms with Crippen LogP contribution in [0.4, 0.5) is 0 Å². The molecule has 2 heterocycles. The van der Waals surface area contributed by atoms with Crippen LogP contribution in [0.25, 0.3) is 0 Å². The van der Waals surface area contributed by atoms with Crippen molar-refractivity contribution in [2.75, 3.05) is 44.7 Å². The molecule has 0 aliphatic carbocycles. The van der Waals surface area contributed by atoms with Crippen LogP contribution < -0.4 is 10.6 Å². The van der Waals surface area contributed by atoms with E-state index in [4.69, 9.17) is 0 Å². The molecule has 2 saturated heterocycles. The lowest BCUT2D eigenvalue weighted by Crippen LogP contribution is -2.44. The van der Waals surface area contributed by atoms with Crippen molar-refractivity contribution in [3.05, 3.63) is 0 Å². The number of likely N-dealkylation sites (tertiary alicyclic amines) is 1. The van der Waals surface area contributed by atoms with Crippen LogP contribution in [0.2, 0.25) is 0 Å². The summed E-state index contributed by atoms with van der Waals surface area (Å²) in [5.74, 6) is 1.92. The van der Waals surface area contributed by atoms with Gasteiger partial charge in [0.1, 0.15) is 0 Å². The minimum Gasteiger partial charge on any atom is -0.357 e. The lowest BCUT2D eigenvalue weighted by Gasteiger charge is -2.28. The maximum atomic E-state index is 11.5. The zero-order valence-electron chi connectivity index (χ0n) is 13.5. The van der Waals surface area contributed by atoms with Crippen LogP contribution in [0.15, 0.2) is 4.99 Å². The second kappa shape index (κ2) is 9.27. The van der Waals surface area contributed by atoms with E-state index in [1.807, 2.05) is 6.92 Å². The van der Waals surface area contributed by atoms with Gasteiger partial charge in [0.05, 0.1) is 11.5 Å². The Morgan fingerprint density at radius 2 is 1.95 bits per heavy atom. The van der Waals surface area contributed by atoms with Crippen LogP contribution in [0.1, 0.15) is 26.2 Å². The highest BCUT2D eigenvalue weighted by Crippen LogP contribution is 2.16. The van der Waals surface area contributed by atoms with Gasteiger partial charge in [0.15, 0.2) is 15.8 Å². The van der Waals surface area contributed by atoms with Crippen LogP contribution in [0, 0.1) is 5.92 Å². The smallest absolute Gasteiger partial charge is 0.191 e. The normalized spacial score (nSPS) is 26.5. The number of nitrogens with zero attached hydrogens (tertiary/aromatic N) is 2. The fraction of sp³-hybridized carbons (Fsp3) is 0.929. The van der Waals surface area contributed by atoms with Crippen molar-refractivity contribution in [1.29, 1.82) is 0 Å². The van der Waals surface area contributed by atoms with Gasteiger partial charge < -0.3 is 15.5 Å². The standard InChI is InChI=1S/C14H28N4O2S.HI/c1-3-15-14(17-13-6-9-21(19,20)11-13)16-10-12-4-7-18(2)8-5-12;/h12-13H,3-11H2,1-2H3,(H2,15,16,17);1H. The highest BCUT2D eigenvalue weighted by atomic mass is 127. The lowest BCUT2D eigenvalue weighted by molar-refractivity contribution is 0.223. The van der Waals surface area contributed by atoms with Gasteiger partial charge in [-0.3, -0.25) is 4.99 Å². The molecule has 2 rings (SSSR count). The van der Waals surface area contributed by atoms with E-state index in [1.165, 1.54) is 12.8 Å². The maximum Gasteiger partial charge on any atom is 0.191 e. The first-order valence-corrected chi connectivity index (χ1v) is 9.74. The van der Waals surface area contributed by atoms with Gasteiger partial charge in [-0.2, -0.15) is 0 Å². The van der Waals surface area contributed by atoms with E-state index >= 15 is 0 Å². The number of piperidine rings is 1. The van der Waals surface area contributed by atoms with Gasteiger partial charge in [-0.1, -0.05) is 0 Å². The maximum absolute atomic E-state index is 11.5. The number of aliphatic imine (C=N–C) groups is 1. The summed E-state index contributed by atoms with van der Waals surface area (Å²) in [5, 5.41) is 6.49. The Balaban J connectivity index is 0.00000242. The third kappa shape index (κ3) is 6.57. The molecule has 1 atom stereocenters. The molecule has 0 bridgehead atoms. The molecule has 2 N–H and O–H groups in total. The Labute approximate surface area is 151 Å². The largest absolute Gasteiger partial charge is 0.357 e. The fourth-order valence-corrected chi connectivity index (χ4v) is 4.56. The Kier molecular flexibility index (Phi) is 8.40. The van der Waals surface area contributed by atoms with E-state index in [-0.39, 0.29) is 35.8 Å². The Morgan fingerprint density at radius 1 is 1.27 bits per heavy atom. The minimum absolute atomic E-state index is 0. The molecule has 2 fully saturated rings. The lowest BCUT2D eigenvalue weighted by atomic mass is 9.97. The van der Waals surface area contributed by atoms with Gasteiger partial charge in [0.2, 0.25) is 0 Å². The van der Waals surface area contributed by atoms with Gasteiger partial charge >= 0.3 is 0 Å². The highest BCUT2D eigenvalue weighted by Gasteiger charge is 2.28. The second-order valence-electron chi connectivity index (χ2n) is 6.21. The molecule has 22 heavy (non-hydrogen) atoms. The van der Waals surface area contributed by atoms with E-state index in [0.717, 1.165) is 32.1 Å². The summed E-state index contributed by atoms with van der Waals surface area (Å²) >= 11 is 0. The van der Waals surface area contributed by atoms with Crippen molar-refractivity contribution in [2.24, 2.45) is 10.9 Å². The third-order valence-electron chi connectivity index (χ3n) is 4.26. The van der Waals surface area contributed by atoms with Crippen LogP contribution in [-0.4, -0.2) is 70.1 Å². The van der Waals surface area contributed by atoms with Crippen molar-refractivity contribution in [3.8, 4) is 0 Å². The van der Waals surface area contributed by atoms with Crippen molar-refractivity contribution in [1.82, 2.24) is 15.5 Å². The summed E-state index contributed by atoms with van der Waals surface area (Å²) in [7, 11) is -0.690. The van der Waals surface area contributed by atoms with Gasteiger partial charge in [0.25, 0.3) is 0 Å². The van der Waals surface area contributed by atoms with E-state index in [1.54, 1.807) is 0 Å². The summed E-state index contributed by atoms with van der Waals surface area (Å²) < 4.78 is 23.0. The van der Waals surface area contributed by atoms with Gasteiger partial charge in [-0.05, 0) is 52.2 Å². The van der Waals surface area contributed by atoms with Crippen LogP contribution in [0.5, 0.6) is 0 Å². The first-order chi connectivity index (χ1) is 9.98. The van der Waals surface area contributed by atoms with E-state index in [9.17, 15) is 8.42 Å². The molecule has 2 aliphatic rings. The summed E-state index contributed by atoms with van der Waals surface area (Å²) in [4.78, 5) is 7.01. The van der Waals surface area contributed by atoms with Crippen LogP contribution in [0.3, 0.4) is 0 Å². The molecule has 0 radical (unpaired) electrons. The number of sulfone groups is 1.